The van der Waals surface area contributed by atoms with Crippen LogP contribution >= 0.6 is 0 Å². The van der Waals surface area contributed by atoms with Crippen LogP contribution in [0.3, 0.4) is 0 Å². The van der Waals surface area contributed by atoms with E-state index in [0.29, 0.717) is 6.61 Å². The Kier molecular flexibility index (Phi) is 1.84. The predicted octanol–water partition coefficient (Wildman–Crippen LogP) is 2.31. The molecule has 0 fully saturated rings. The van der Waals surface area contributed by atoms with Gasteiger partial charge >= 0.3 is 0 Å². The average molecular weight is 161 g/mol. The van der Waals surface area contributed by atoms with Crippen LogP contribution in [0.4, 0.5) is 0 Å². The van der Waals surface area contributed by atoms with Gasteiger partial charge in [0.15, 0.2) is 0 Å². The van der Waals surface area contributed by atoms with Crippen LogP contribution in [-0.2, 0) is 11.3 Å². The molecule has 0 saturated carbocycles. The molecule has 0 aliphatic carbocycles. The molecule has 0 amide bonds. The Balaban J connectivity index is 2.47. The van der Waals surface area contributed by atoms with E-state index < -0.39 is 0 Å². The second-order valence-electron chi connectivity index (χ2n) is 2.81. The highest BCUT2D eigenvalue weighted by Gasteiger charge is 1.97. The number of benzene rings is 1. The highest BCUT2D eigenvalue weighted by molar-refractivity contribution is 5.80. The molecule has 0 saturated heterocycles. The molecule has 0 aliphatic rings. The molecule has 1 N–H and O–H groups in total. The van der Waals surface area contributed by atoms with Gasteiger partial charge in [0.05, 0.1) is 6.61 Å². The van der Waals surface area contributed by atoms with E-state index in [1.165, 1.54) is 10.9 Å². The van der Waals surface area contributed by atoms with E-state index in [0.717, 1.165) is 5.69 Å². The fraction of sp³-hybridized carbons (Fsp3) is 0.200. The standard InChI is InChI=1S/C10H11NO/c1-12-7-9-6-8-4-2-3-5-10(8)11-9/h2-6,11H,7H2,1H3. The number of ether oxygens (including phenoxy) is 1. The van der Waals surface area contributed by atoms with Crippen molar-refractivity contribution in [2.75, 3.05) is 7.11 Å². The molecule has 2 heteroatoms. The van der Waals surface area contributed by atoms with Gasteiger partial charge in [-0.05, 0) is 17.5 Å². The van der Waals surface area contributed by atoms with Gasteiger partial charge in [0.2, 0.25) is 0 Å². The summed E-state index contributed by atoms with van der Waals surface area (Å²) in [6, 6.07) is 10.3. The summed E-state index contributed by atoms with van der Waals surface area (Å²) in [4.78, 5) is 3.27. The number of methoxy groups -OCH3 is 1. The summed E-state index contributed by atoms with van der Waals surface area (Å²) in [7, 11) is 1.70. The molecule has 2 nitrogen and oxygen atoms in total. The van der Waals surface area contributed by atoms with Crippen LogP contribution in [0.25, 0.3) is 10.9 Å². The van der Waals surface area contributed by atoms with E-state index >= 15 is 0 Å². The lowest BCUT2D eigenvalue weighted by atomic mass is 10.2. The van der Waals surface area contributed by atoms with Crippen molar-refractivity contribution < 1.29 is 4.74 Å². The first-order valence-electron chi connectivity index (χ1n) is 3.96. The molecule has 2 aromatic rings. The zero-order chi connectivity index (χ0) is 8.39. The number of fused-ring (bicyclic) bond motifs is 1. The lowest BCUT2D eigenvalue weighted by molar-refractivity contribution is 0.182. The molecule has 12 heavy (non-hydrogen) atoms. The van der Waals surface area contributed by atoms with Crippen LogP contribution in [0, 0.1) is 0 Å². The molecule has 62 valence electrons. The minimum absolute atomic E-state index is 0.648. The minimum atomic E-state index is 0.648. The fourth-order valence-corrected chi connectivity index (χ4v) is 1.37. The summed E-state index contributed by atoms with van der Waals surface area (Å²) in [5, 5.41) is 1.24. The van der Waals surface area contributed by atoms with Crippen LogP contribution in [0.15, 0.2) is 30.3 Å². The third-order valence-electron chi connectivity index (χ3n) is 1.89. The van der Waals surface area contributed by atoms with Crippen molar-refractivity contribution >= 4 is 10.9 Å². The van der Waals surface area contributed by atoms with Crippen LogP contribution < -0.4 is 0 Å². The van der Waals surface area contributed by atoms with Gasteiger partial charge in [-0.3, -0.25) is 0 Å². The molecule has 0 bridgehead atoms. The maximum absolute atomic E-state index is 5.03. The van der Waals surface area contributed by atoms with Crippen LogP contribution in [0.1, 0.15) is 5.69 Å². The third kappa shape index (κ3) is 1.21. The lowest BCUT2D eigenvalue weighted by Crippen LogP contribution is -1.85. The summed E-state index contributed by atoms with van der Waals surface area (Å²) in [6.45, 7) is 0.648. The Labute approximate surface area is 71.2 Å². The van der Waals surface area contributed by atoms with Gasteiger partial charge in [-0.1, -0.05) is 18.2 Å². The first-order valence-corrected chi connectivity index (χ1v) is 3.96. The van der Waals surface area contributed by atoms with Gasteiger partial charge in [-0.25, -0.2) is 0 Å². The molecule has 0 radical (unpaired) electrons. The van der Waals surface area contributed by atoms with E-state index in [2.05, 4.69) is 23.2 Å². The Morgan fingerprint density at radius 1 is 1.33 bits per heavy atom. The van der Waals surface area contributed by atoms with E-state index in [-0.39, 0.29) is 0 Å². The number of para-hydroxylation sites is 1. The first-order chi connectivity index (χ1) is 5.90. The highest BCUT2D eigenvalue weighted by Crippen LogP contribution is 2.14. The van der Waals surface area contributed by atoms with Crippen molar-refractivity contribution in [1.82, 2.24) is 4.98 Å². The lowest BCUT2D eigenvalue weighted by Gasteiger charge is -1.91. The number of aromatic nitrogens is 1. The van der Waals surface area contributed by atoms with Gasteiger partial charge in [-0.15, -0.1) is 0 Å². The molecule has 0 atom stereocenters. The molecule has 0 spiro atoms. The zero-order valence-electron chi connectivity index (χ0n) is 7.00. The van der Waals surface area contributed by atoms with Gasteiger partial charge in [0.25, 0.3) is 0 Å². The van der Waals surface area contributed by atoms with Crippen molar-refractivity contribution in [2.45, 2.75) is 6.61 Å². The van der Waals surface area contributed by atoms with Crippen molar-refractivity contribution in [3.63, 3.8) is 0 Å². The zero-order valence-corrected chi connectivity index (χ0v) is 7.00. The van der Waals surface area contributed by atoms with E-state index in [1.54, 1.807) is 7.11 Å². The van der Waals surface area contributed by atoms with Gasteiger partial charge < -0.3 is 9.72 Å². The Bertz CT molecular complexity index is 345. The summed E-state index contributed by atoms with van der Waals surface area (Å²) in [6.07, 6.45) is 0. The molecule has 0 aliphatic heterocycles. The minimum Gasteiger partial charge on any atom is -0.378 e. The molecule has 0 unspecified atom stereocenters. The molecule has 1 aromatic heterocycles. The number of hydrogen-bond acceptors (Lipinski definition) is 1. The van der Waals surface area contributed by atoms with Gasteiger partial charge in [0.1, 0.15) is 0 Å². The number of nitrogens with one attached hydrogen (secondary N) is 1. The molecule has 1 aromatic carbocycles. The Hall–Kier alpha value is -1.28. The van der Waals surface area contributed by atoms with Crippen molar-refractivity contribution in [2.24, 2.45) is 0 Å². The maximum atomic E-state index is 5.03. The maximum Gasteiger partial charge on any atom is 0.0862 e. The topological polar surface area (TPSA) is 25.0 Å². The van der Waals surface area contributed by atoms with E-state index in [4.69, 9.17) is 4.74 Å². The van der Waals surface area contributed by atoms with Crippen molar-refractivity contribution in [3.8, 4) is 0 Å². The summed E-state index contributed by atoms with van der Waals surface area (Å²) in [5.74, 6) is 0. The number of rotatable bonds is 2. The number of hydrogen-bond donors (Lipinski definition) is 1. The average Bonchev–Trinajstić information content (AvgIpc) is 2.47. The molecular formula is C10H11NO. The Morgan fingerprint density at radius 2 is 2.17 bits per heavy atom. The third-order valence-corrected chi connectivity index (χ3v) is 1.89. The largest absolute Gasteiger partial charge is 0.378 e. The quantitative estimate of drug-likeness (QED) is 0.718. The fourth-order valence-electron chi connectivity index (χ4n) is 1.37. The number of aromatic amines is 1. The van der Waals surface area contributed by atoms with E-state index in [9.17, 15) is 0 Å². The Morgan fingerprint density at radius 3 is 2.92 bits per heavy atom. The van der Waals surface area contributed by atoms with Crippen molar-refractivity contribution in [3.05, 3.63) is 36.0 Å². The van der Waals surface area contributed by atoms with Gasteiger partial charge in [0, 0.05) is 18.3 Å². The summed E-state index contributed by atoms with van der Waals surface area (Å²) in [5.41, 5.74) is 2.29. The second kappa shape index (κ2) is 2.99. The van der Waals surface area contributed by atoms with Gasteiger partial charge in [-0.2, -0.15) is 0 Å². The normalized spacial score (nSPS) is 10.8. The summed E-state index contributed by atoms with van der Waals surface area (Å²) < 4.78 is 5.03. The van der Waals surface area contributed by atoms with Crippen LogP contribution in [-0.4, -0.2) is 12.1 Å². The van der Waals surface area contributed by atoms with E-state index in [1.807, 2.05) is 12.1 Å². The smallest absolute Gasteiger partial charge is 0.0862 e. The summed E-state index contributed by atoms with van der Waals surface area (Å²) >= 11 is 0. The molecular weight excluding hydrogens is 150 g/mol. The monoisotopic (exact) mass is 161 g/mol. The number of H-pyrrole nitrogens is 1. The highest BCUT2D eigenvalue weighted by atomic mass is 16.5. The predicted molar refractivity (Wildman–Crippen MR) is 49.0 cm³/mol. The van der Waals surface area contributed by atoms with Crippen molar-refractivity contribution in [1.29, 1.82) is 0 Å². The first kappa shape index (κ1) is 7.37. The van der Waals surface area contributed by atoms with Crippen LogP contribution in [0.5, 0.6) is 0 Å². The molecule has 2 rings (SSSR count). The second-order valence-corrected chi connectivity index (χ2v) is 2.81. The SMILES string of the molecule is COCc1cc2ccccc2[nH]1. The van der Waals surface area contributed by atoms with Crippen LogP contribution in [0.2, 0.25) is 0 Å². The molecule has 1 heterocycles.